The fraction of sp³-hybridized carbons (Fsp3) is 0.538. The Hall–Kier alpha value is -3.15. The molecule has 0 aliphatic carbocycles. The lowest BCUT2D eigenvalue weighted by Gasteiger charge is -2.35. The van der Waals surface area contributed by atoms with Crippen molar-refractivity contribution in [1.29, 1.82) is 0 Å². The molecule has 37 heavy (non-hydrogen) atoms. The van der Waals surface area contributed by atoms with Crippen LogP contribution in [0.1, 0.15) is 23.5 Å². The number of aromatic nitrogens is 4. The van der Waals surface area contributed by atoms with Gasteiger partial charge in [-0.25, -0.2) is 19.0 Å². The number of benzene rings is 1. The predicted molar refractivity (Wildman–Crippen MR) is 140 cm³/mol. The van der Waals surface area contributed by atoms with Crippen molar-refractivity contribution < 1.29 is 18.7 Å². The molecule has 0 saturated carbocycles. The normalized spacial score (nSPS) is 20.4. The molecule has 0 spiro atoms. The lowest BCUT2D eigenvalue weighted by Crippen LogP contribution is -2.42. The number of amides is 1. The molecule has 1 N–H and O–H groups in total. The van der Waals surface area contributed by atoms with Crippen molar-refractivity contribution in [2.45, 2.75) is 25.4 Å². The molecule has 2 aliphatic rings. The summed E-state index contributed by atoms with van der Waals surface area (Å²) in [5.74, 6) is 1.46. The smallest absolute Gasteiger partial charge is 0.206 e. The fourth-order valence-electron chi connectivity index (χ4n) is 4.95. The minimum absolute atomic E-state index is 0.120. The summed E-state index contributed by atoms with van der Waals surface area (Å²) >= 11 is 0. The van der Waals surface area contributed by atoms with E-state index in [0.717, 1.165) is 60.4 Å². The molecular formula is C26H36FN7O3. The Morgan fingerprint density at radius 1 is 1.19 bits per heavy atom. The molecule has 2 fully saturated rings. The van der Waals surface area contributed by atoms with Gasteiger partial charge in [0.2, 0.25) is 6.41 Å². The average molecular weight is 514 g/mol. The summed E-state index contributed by atoms with van der Waals surface area (Å²) in [6.07, 6.45) is 3.94. The minimum Gasteiger partial charge on any atom is -0.383 e. The van der Waals surface area contributed by atoms with Gasteiger partial charge in [0.1, 0.15) is 18.3 Å². The van der Waals surface area contributed by atoms with Crippen LogP contribution >= 0.6 is 0 Å². The number of carbonyl (C=O) groups is 1. The number of methoxy groups -OCH3 is 1. The third kappa shape index (κ3) is 6.41. The molecule has 0 radical (unpaired) electrons. The topological polar surface area (TPSA) is 97.6 Å². The number of fused-ring (bicyclic) bond motifs is 1. The number of piperidine rings is 1. The van der Waals surface area contributed by atoms with Crippen LogP contribution < -0.4 is 10.2 Å². The van der Waals surface area contributed by atoms with Gasteiger partial charge in [-0.1, -0.05) is 0 Å². The SMILES string of the molecule is CNC=O.COCCN1CCC(c2cc3c(cnn3-c3cc(N4CCOCC4)ncn3)cc2C)C(F)C1. The molecule has 2 unspecified atom stereocenters. The number of aryl methyl sites for hydroxylation is 1. The van der Waals surface area contributed by atoms with Crippen LogP contribution in [0, 0.1) is 6.92 Å². The first kappa shape index (κ1) is 26.9. The van der Waals surface area contributed by atoms with Gasteiger partial charge in [-0.3, -0.25) is 9.69 Å². The number of hydrogen-bond donors (Lipinski definition) is 1. The van der Waals surface area contributed by atoms with Gasteiger partial charge >= 0.3 is 0 Å². The predicted octanol–water partition coefficient (Wildman–Crippen LogP) is 2.10. The standard InChI is InChI=1S/C24H31FN6O2.C2H5NO/c1-17-11-18-14-28-31(24-13-23(26-16-27-24)30-6-9-33-10-7-30)22(18)12-20(17)19-3-4-29(5-8-32-2)15-21(19)25;1-3-2-4/h11-14,16,19,21H,3-10,15H2,1-2H3;2H,1H3,(H,3,4). The zero-order valence-electron chi connectivity index (χ0n) is 21.8. The van der Waals surface area contributed by atoms with E-state index in [1.54, 1.807) is 20.5 Å². The summed E-state index contributed by atoms with van der Waals surface area (Å²) in [6, 6.07) is 6.18. The number of alkyl halides is 1. The monoisotopic (exact) mass is 513 g/mol. The molecule has 10 nitrogen and oxygen atoms in total. The Kier molecular flexibility index (Phi) is 9.37. The maximum Gasteiger partial charge on any atom is 0.206 e. The average Bonchev–Trinajstić information content (AvgIpc) is 3.35. The Morgan fingerprint density at radius 2 is 1.95 bits per heavy atom. The van der Waals surface area contributed by atoms with Crippen LogP contribution in [-0.4, -0.2) is 104 Å². The highest BCUT2D eigenvalue weighted by atomic mass is 19.1. The van der Waals surface area contributed by atoms with E-state index in [-0.39, 0.29) is 5.92 Å². The van der Waals surface area contributed by atoms with Gasteiger partial charge in [-0.05, 0) is 43.1 Å². The van der Waals surface area contributed by atoms with Crippen LogP contribution in [-0.2, 0) is 14.3 Å². The summed E-state index contributed by atoms with van der Waals surface area (Å²) in [4.78, 5) is 22.3. The number of morpholine rings is 1. The molecule has 2 saturated heterocycles. The van der Waals surface area contributed by atoms with Crippen molar-refractivity contribution in [1.82, 2.24) is 30.0 Å². The number of nitrogens with zero attached hydrogens (tertiary/aromatic N) is 6. The number of anilines is 1. The fourth-order valence-corrected chi connectivity index (χ4v) is 4.95. The number of carbonyl (C=O) groups excluding carboxylic acids is 1. The summed E-state index contributed by atoms with van der Waals surface area (Å²) in [6.45, 7) is 7.79. The van der Waals surface area contributed by atoms with Crippen LogP contribution in [0.5, 0.6) is 0 Å². The van der Waals surface area contributed by atoms with Crippen LogP contribution in [0.15, 0.2) is 30.7 Å². The molecule has 2 atom stereocenters. The number of nitrogens with one attached hydrogen (secondary N) is 1. The summed E-state index contributed by atoms with van der Waals surface area (Å²) in [7, 11) is 3.25. The first-order valence-corrected chi connectivity index (χ1v) is 12.6. The van der Waals surface area contributed by atoms with E-state index in [9.17, 15) is 0 Å². The minimum atomic E-state index is -0.907. The molecule has 5 rings (SSSR count). The van der Waals surface area contributed by atoms with E-state index < -0.39 is 6.17 Å². The Bertz CT molecular complexity index is 1170. The number of likely N-dealkylation sites (tertiary alicyclic amines) is 1. The molecule has 3 aromatic rings. The van der Waals surface area contributed by atoms with Gasteiger partial charge < -0.3 is 19.7 Å². The second-order valence-electron chi connectivity index (χ2n) is 9.27. The van der Waals surface area contributed by atoms with Crippen molar-refractivity contribution in [2.75, 3.05) is 71.6 Å². The third-order valence-electron chi connectivity index (χ3n) is 6.90. The molecule has 2 aliphatic heterocycles. The molecule has 11 heteroatoms. The molecule has 1 amide bonds. The molecular weight excluding hydrogens is 477 g/mol. The summed E-state index contributed by atoms with van der Waals surface area (Å²) < 4.78 is 27.7. The van der Waals surface area contributed by atoms with E-state index >= 15 is 4.39 Å². The van der Waals surface area contributed by atoms with Crippen LogP contribution in [0.3, 0.4) is 0 Å². The second kappa shape index (κ2) is 12.9. The van der Waals surface area contributed by atoms with Gasteiger partial charge in [0, 0.05) is 57.7 Å². The van der Waals surface area contributed by atoms with E-state index in [1.165, 1.54) is 0 Å². The first-order chi connectivity index (χ1) is 18.0. The zero-order valence-corrected chi connectivity index (χ0v) is 21.8. The van der Waals surface area contributed by atoms with Crippen molar-refractivity contribution in [2.24, 2.45) is 0 Å². The first-order valence-electron chi connectivity index (χ1n) is 12.6. The van der Waals surface area contributed by atoms with Crippen molar-refractivity contribution in [3.05, 3.63) is 41.9 Å². The largest absolute Gasteiger partial charge is 0.383 e. The number of ether oxygens (including phenoxy) is 2. The second-order valence-corrected chi connectivity index (χ2v) is 9.27. The molecule has 1 aromatic carbocycles. The van der Waals surface area contributed by atoms with Crippen LogP contribution in [0.4, 0.5) is 10.2 Å². The van der Waals surface area contributed by atoms with E-state index in [1.807, 2.05) is 16.9 Å². The van der Waals surface area contributed by atoms with Gasteiger partial charge in [-0.2, -0.15) is 5.10 Å². The number of rotatable bonds is 7. The highest BCUT2D eigenvalue weighted by molar-refractivity contribution is 5.82. The lowest BCUT2D eigenvalue weighted by atomic mass is 9.85. The molecule has 200 valence electrons. The molecule has 0 bridgehead atoms. The van der Waals surface area contributed by atoms with Gasteiger partial charge in [0.15, 0.2) is 5.82 Å². The Morgan fingerprint density at radius 3 is 2.65 bits per heavy atom. The summed E-state index contributed by atoms with van der Waals surface area (Å²) in [5.41, 5.74) is 3.11. The van der Waals surface area contributed by atoms with Crippen molar-refractivity contribution >= 4 is 23.1 Å². The van der Waals surface area contributed by atoms with Crippen molar-refractivity contribution in [3.63, 3.8) is 0 Å². The van der Waals surface area contributed by atoms with Gasteiger partial charge in [0.05, 0.1) is 31.5 Å². The molecule has 2 aromatic heterocycles. The van der Waals surface area contributed by atoms with Crippen LogP contribution in [0.2, 0.25) is 0 Å². The third-order valence-corrected chi connectivity index (χ3v) is 6.90. The maximum atomic E-state index is 15.3. The Labute approximate surface area is 216 Å². The maximum absolute atomic E-state index is 15.3. The lowest BCUT2D eigenvalue weighted by molar-refractivity contribution is -0.109. The van der Waals surface area contributed by atoms with E-state index in [0.29, 0.717) is 38.6 Å². The number of hydrogen-bond acceptors (Lipinski definition) is 8. The van der Waals surface area contributed by atoms with Crippen molar-refractivity contribution in [3.8, 4) is 5.82 Å². The van der Waals surface area contributed by atoms with Gasteiger partial charge in [0.25, 0.3) is 0 Å². The van der Waals surface area contributed by atoms with Crippen LogP contribution in [0.25, 0.3) is 16.7 Å². The zero-order chi connectivity index (χ0) is 26.2. The highest BCUT2D eigenvalue weighted by Gasteiger charge is 2.31. The van der Waals surface area contributed by atoms with Gasteiger partial charge in [-0.15, -0.1) is 0 Å². The Balaban J connectivity index is 0.000000747. The number of halogens is 1. The molecule has 4 heterocycles. The van der Waals surface area contributed by atoms with E-state index in [4.69, 9.17) is 14.3 Å². The quantitative estimate of drug-likeness (QED) is 0.480. The highest BCUT2D eigenvalue weighted by Crippen LogP contribution is 2.35. The van der Waals surface area contributed by atoms with E-state index in [2.05, 4.69) is 49.2 Å². The summed E-state index contributed by atoms with van der Waals surface area (Å²) in [5, 5.41) is 7.89.